The molecule has 0 aliphatic carbocycles. The van der Waals surface area contributed by atoms with Gasteiger partial charge < -0.3 is 15.0 Å². The predicted molar refractivity (Wildman–Crippen MR) is 74.6 cm³/mol. The summed E-state index contributed by atoms with van der Waals surface area (Å²) in [6, 6.07) is 0.633. The van der Waals surface area contributed by atoms with Crippen LogP contribution in [0.1, 0.15) is 20.3 Å². The molecule has 104 valence electrons. The first-order valence-corrected chi connectivity index (χ1v) is 6.70. The standard InChI is InChI=1S/C13H31N3O/c1-6-16(13(2)12-15(3)4)10-7-8-14-9-11-17-5/h13-14H,6-12H2,1-5H3. The first-order valence-electron chi connectivity index (χ1n) is 6.70. The molecule has 0 aromatic rings. The lowest BCUT2D eigenvalue weighted by Gasteiger charge is -2.29. The monoisotopic (exact) mass is 245 g/mol. The molecule has 0 heterocycles. The molecule has 0 radical (unpaired) electrons. The largest absolute Gasteiger partial charge is 0.383 e. The maximum atomic E-state index is 4.99. The van der Waals surface area contributed by atoms with Crippen molar-refractivity contribution in [2.75, 3.05) is 60.5 Å². The summed E-state index contributed by atoms with van der Waals surface area (Å²) in [4.78, 5) is 4.79. The quantitative estimate of drug-likeness (QED) is 0.547. The van der Waals surface area contributed by atoms with E-state index in [0.717, 1.165) is 32.8 Å². The van der Waals surface area contributed by atoms with Crippen molar-refractivity contribution in [2.45, 2.75) is 26.3 Å². The molecule has 4 nitrogen and oxygen atoms in total. The van der Waals surface area contributed by atoms with Crippen LogP contribution in [0.4, 0.5) is 0 Å². The van der Waals surface area contributed by atoms with Gasteiger partial charge >= 0.3 is 0 Å². The molecule has 1 unspecified atom stereocenters. The first-order chi connectivity index (χ1) is 8.11. The van der Waals surface area contributed by atoms with Crippen LogP contribution in [-0.4, -0.2) is 76.4 Å². The van der Waals surface area contributed by atoms with E-state index in [4.69, 9.17) is 4.74 Å². The summed E-state index contributed by atoms with van der Waals surface area (Å²) < 4.78 is 4.99. The Morgan fingerprint density at radius 2 is 1.94 bits per heavy atom. The zero-order valence-electron chi connectivity index (χ0n) is 12.3. The molecular weight excluding hydrogens is 214 g/mol. The van der Waals surface area contributed by atoms with E-state index in [0.29, 0.717) is 6.04 Å². The summed E-state index contributed by atoms with van der Waals surface area (Å²) in [5, 5.41) is 3.38. The average Bonchev–Trinajstić information content (AvgIpc) is 2.27. The van der Waals surface area contributed by atoms with Crippen molar-refractivity contribution in [2.24, 2.45) is 0 Å². The SMILES string of the molecule is CCN(CCCNCCOC)C(C)CN(C)C. The van der Waals surface area contributed by atoms with Crippen molar-refractivity contribution in [1.29, 1.82) is 0 Å². The number of likely N-dealkylation sites (N-methyl/N-ethyl adjacent to an activating group) is 2. The fourth-order valence-corrected chi connectivity index (χ4v) is 2.04. The summed E-state index contributed by atoms with van der Waals surface area (Å²) in [6.45, 7) is 10.8. The first kappa shape index (κ1) is 16.8. The normalized spacial score (nSPS) is 13.6. The summed E-state index contributed by atoms with van der Waals surface area (Å²) in [5.74, 6) is 0. The smallest absolute Gasteiger partial charge is 0.0587 e. The second kappa shape index (κ2) is 11.0. The molecular formula is C13H31N3O. The minimum atomic E-state index is 0.633. The Balaban J connectivity index is 3.60. The lowest BCUT2D eigenvalue weighted by molar-refractivity contribution is 0.177. The van der Waals surface area contributed by atoms with E-state index >= 15 is 0 Å². The summed E-state index contributed by atoms with van der Waals surface area (Å²) in [5.41, 5.74) is 0. The second-order valence-electron chi connectivity index (χ2n) is 4.84. The Kier molecular flexibility index (Phi) is 10.9. The number of methoxy groups -OCH3 is 1. The van der Waals surface area contributed by atoms with Crippen molar-refractivity contribution in [3.8, 4) is 0 Å². The minimum absolute atomic E-state index is 0.633. The molecule has 17 heavy (non-hydrogen) atoms. The highest BCUT2D eigenvalue weighted by Crippen LogP contribution is 2.01. The third-order valence-corrected chi connectivity index (χ3v) is 2.94. The topological polar surface area (TPSA) is 27.7 Å². The van der Waals surface area contributed by atoms with Gasteiger partial charge in [-0.25, -0.2) is 0 Å². The minimum Gasteiger partial charge on any atom is -0.383 e. The van der Waals surface area contributed by atoms with Crippen molar-refractivity contribution in [3.05, 3.63) is 0 Å². The number of hydrogen-bond donors (Lipinski definition) is 1. The zero-order chi connectivity index (χ0) is 13.1. The van der Waals surface area contributed by atoms with E-state index in [9.17, 15) is 0 Å². The van der Waals surface area contributed by atoms with Crippen molar-refractivity contribution in [3.63, 3.8) is 0 Å². The third-order valence-electron chi connectivity index (χ3n) is 2.94. The molecule has 0 amide bonds. The molecule has 0 spiro atoms. The van der Waals surface area contributed by atoms with Crippen molar-refractivity contribution < 1.29 is 4.74 Å². The van der Waals surface area contributed by atoms with Crippen LogP contribution in [0.3, 0.4) is 0 Å². The van der Waals surface area contributed by atoms with Crippen LogP contribution in [0.25, 0.3) is 0 Å². The molecule has 0 fully saturated rings. The Labute approximate surface area is 107 Å². The molecule has 0 aliphatic heterocycles. The van der Waals surface area contributed by atoms with Gasteiger partial charge in [0, 0.05) is 26.2 Å². The molecule has 0 saturated carbocycles. The lowest BCUT2D eigenvalue weighted by Crippen LogP contribution is -2.41. The molecule has 1 N–H and O–H groups in total. The maximum absolute atomic E-state index is 4.99. The molecule has 0 aromatic carbocycles. The number of rotatable bonds is 11. The van der Waals surface area contributed by atoms with Crippen LogP contribution in [-0.2, 0) is 4.74 Å². The molecule has 0 saturated heterocycles. The van der Waals surface area contributed by atoms with Crippen LogP contribution >= 0.6 is 0 Å². The van der Waals surface area contributed by atoms with Gasteiger partial charge in [0.2, 0.25) is 0 Å². The molecule has 4 heteroatoms. The van der Waals surface area contributed by atoms with Crippen LogP contribution in [0.15, 0.2) is 0 Å². The van der Waals surface area contributed by atoms with E-state index in [-0.39, 0.29) is 0 Å². The fraction of sp³-hybridized carbons (Fsp3) is 1.00. The van der Waals surface area contributed by atoms with Gasteiger partial charge in [0.25, 0.3) is 0 Å². The Morgan fingerprint density at radius 3 is 2.47 bits per heavy atom. The second-order valence-corrected chi connectivity index (χ2v) is 4.84. The number of nitrogens with zero attached hydrogens (tertiary/aromatic N) is 2. The molecule has 0 bridgehead atoms. The Bertz CT molecular complexity index is 165. The number of nitrogens with one attached hydrogen (secondary N) is 1. The molecule has 0 aromatic heterocycles. The number of hydrogen-bond acceptors (Lipinski definition) is 4. The average molecular weight is 245 g/mol. The fourth-order valence-electron chi connectivity index (χ4n) is 2.04. The lowest BCUT2D eigenvalue weighted by atomic mass is 10.2. The zero-order valence-corrected chi connectivity index (χ0v) is 12.3. The van der Waals surface area contributed by atoms with Gasteiger partial charge in [-0.3, -0.25) is 4.90 Å². The highest BCUT2D eigenvalue weighted by atomic mass is 16.5. The van der Waals surface area contributed by atoms with Gasteiger partial charge in [-0.1, -0.05) is 6.92 Å². The van der Waals surface area contributed by atoms with Crippen molar-refractivity contribution in [1.82, 2.24) is 15.1 Å². The van der Waals surface area contributed by atoms with Gasteiger partial charge in [-0.2, -0.15) is 0 Å². The van der Waals surface area contributed by atoms with E-state index in [1.807, 2.05) is 0 Å². The van der Waals surface area contributed by atoms with E-state index in [2.05, 4.69) is 43.1 Å². The molecule has 0 aliphatic rings. The van der Waals surface area contributed by atoms with E-state index < -0.39 is 0 Å². The van der Waals surface area contributed by atoms with Gasteiger partial charge in [0.15, 0.2) is 0 Å². The molecule has 0 rings (SSSR count). The molecule has 1 atom stereocenters. The summed E-state index contributed by atoms with van der Waals surface area (Å²) in [7, 11) is 6.01. The summed E-state index contributed by atoms with van der Waals surface area (Å²) in [6.07, 6.45) is 1.20. The van der Waals surface area contributed by atoms with Crippen LogP contribution in [0, 0.1) is 0 Å². The van der Waals surface area contributed by atoms with Crippen LogP contribution in [0.2, 0.25) is 0 Å². The van der Waals surface area contributed by atoms with Gasteiger partial charge in [0.1, 0.15) is 0 Å². The van der Waals surface area contributed by atoms with Crippen molar-refractivity contribution >= 4 is 0 Å². The summed E-state index contributed by atoms with van der Waals surface area (Å²) >= 11 is 0. The predicted octanol–water partition coefficient (Wildman–Crippen LogP) is 0.885. The Hall–Kier alpha value is -0.160. The Morgan fingerprint density at radius 1 is 1.24 bits per heavy atom. The maximum Gasteiger partial charge on any atom is 0.0587 e. The van der Waals surface area contributed by atoms with E-state index in [1.54, 1.807) is 7.11 Å². The third kappa shape index (κ3) is 9.53. The highest BCUT2D eigenvalue weighted by molar-refractivity contribution is 4.68. The van der Waals surface area contributed by atoms with Gasteiger partial charge in [-0.15, -0.1) is 0 Å². The van der Waals surface area contributed by atoms with Crippen LogP contribution in [0.5, 0.6) is 0 Å². The van der Waals surface area contributed by atoms with Crippen LogP contribution < -0.4 is 5.32 Å². The van der Waals surface area contributed by atoms with Gasteiger partial charge in [0.05, 0.1) is 6.61 Å². The highest BCUT2D eigenvalue weighted by Gasteiger charge is 2.11. The van der Waals surface area contributed by atoms with E-state index in [1.165, 1.54) is 13.0 Å². The van der Waals surface area contributed by atoms with Gasteiger partial charge in [-0.05, 0) is 47.1 Å². The number of ether oxygens (including phenoxy) is 1.